The van der Waals surface area contributed by atoms with Crippen molar-refractivity contribution < 1.29 is 0 Å². The lowest BCUT2D eigenvalue weighted by Crippen LogP contribution is -1.84. The van der Waals surface area contributed by atoms with Crippen molar-refractivity contribution in [1.82, 2.24) is 9.97 Å². The van der Waals surface area contributed by atoms with Crippen molar-refractivity contribution >= 4 is 37.5 Å². The summed E-state index contributed by atoms with van der Waals surface area (Å²) in [4.78, 5) is 9.74. The third-order valence-electron chi connectivity index (χ3n) is 1.66. The minimum absolute atomic E-state index is 0.820. The Labute approximate surface area is 82.8 Å². The van der Waals surface area contributed by atoms with E-state index in [1.54, 1.807) is 11.3 Å². The molecule has 0 bridgehead atoms. The summed E-state index contributed by atoms with van der Waals surface area (Å²) >= 11 is 5.22. The average molecular weight is 243 g/mol. The number of hydrogen-bond acceptors (Lipinski definition) is 3. The van der Waals surface area contributed by atoms with Gasteiger partial charge in [-0.2, -0.15) is 0 Å². The normalized spacial score (nSPS) is 10.9. The summed E-state index contributed by atoms with van der Waals surface area (Å²) in [7, 11) is 0. The van der Waals surface area contributed by atoms with Gasteiger partial charge < -0.3 is 0 Å². The smallest absolute Gasteiger partial charge is 0.126 e. The summed E-state index contributed by atoms with van der Waals surface area (Å²) in [5.74, 6) is 0.820. The molecule has 0 N–H and O–H groups in total. The zero-order valence-electron chi connectivity index (χ0n) is 6.76. The molecule has 0 aliphatic carbocycles. The molecular weight excluding hydrogens is 236 g/mol. The minimum Gasteiger partial charge on any atom is -0.240 e. The molecular formula is C8H7BrN2S. The van der Waals surface area contributed by atoms with Crippen LogP contribution in [0.3, 0.4) is 0 Å². The van der Waals surface area contributed by atoms with Crippen LogP contribution in [0.5, 0.6) is 0 Å². The summed E-state index contributed by atoms with van der Waals surface area (Å²) in [6.45, 7) is 3.98. The topological polar surface area (TPSA) is 25.8 Å². The van der Waals surface area contributed by atoms with Crippen LogP contribution in [0.25, 0.3) is 10.2 Å². The van der Waals surface area contributed by atoms with Crippen LogP contribution in [0.1, 0.15) is 10.7 Å². The monoisotopic (exact) mass is 242 g/mol. The van der Waals surface area contributed by atoms with E-state index in [2.05, 4.69) is 32.8 Å². The van der Waals surface area contributed by atoms with E-state index in [1.165, 1.54) is 4.88 Å². The van der Waals surface area contributed by atoms with Gasteiger partial charge in [0, 0.05) is 11.1 Å². The van der Waals surface area contributed by atoms with Crippen molar-refractivity contribution in [3.63, 3.8) is 0 Å². The molecule has 2 aromatic rings. The molecule has 0 aliphatic rings. The number of fused-ring (bicyclic) bond motifs is 1. The quantitative estimate of drug-likeness (QED) is 0.710. The van der Waals surface area contributed by atoms with Crippen LogP contribution < -0.4 is 0 Å². The van der Waals surface area contributed by atoms with Gasteiger partial charge in [0.25, 0.3) is 0 Å². The molecule has 2 nitrogen and oxygen atoms in total. The molecule has 0 spiro atoms. The Kier molecular flexibility index (Phi) is 1.88. The highest BCUT2D eigenvalue weighted by atomic mass is 79.9. The Hall–Kier alpha value is -0.480. The van der Waals surface area contributed by atoms with Crippen molar-refractivity contribution in [3.8, 4) is 0 Å². The maximum atomic E-state index is 4.35. The predicted molar refractivity (Wildman–Crippen MR) is 54.6 cm³/mol. The zero-order chi connectivity index (χ0) is 8.72. The van der Waals surface area contributed by atoms with Crippen LogP contribution in [0.2, 0.25) is 0 Å². The molecule has 2 aromatic heterocycles. The van der Waals surface area contributed by atoms with Gasteiger partial charge in [0.15, 0.2) is 0 Å². The minimum atomic E-state index is 0.820. The Morgan fingerprint density at radius 2 is 2.17 bits per heavy atom. The second-order valence-electron chi connectivity index (χ2n) is 2.60. The standard InChI is InChI=1S/C8H7BrN2S/c1-4-7(9)8-6(12-4)3-10-5(2)11-8/h3H,1-2H3. The molecule has 62 valence electrons. The van der Waals surface area contributed by atoms with Crippen molar-refractivity contribution in [2.45, 2.75) is 13.8 Å². The molecule has 12 heavy (non-hydrogen) atoms. The van der Waals surface area contributed by atoms with Crippen molar-refractivity contribution in [2.24, 2.45) is 0 Å². The fraction of sp³-hybridized carbons (Fsp3) is 0.250. The van der Waals surface area contributed by atoms with E-state index in [0.29, 0.717) is 0 Å². The van der Waals surface area contributed by atoms with Crippen LogP contribution in [0.15, 0.2) is 10.7 Å². The number of nitrogens with zero attached hydrogens (tertiary/aromatic N) is 2. The van der Waals surface area contributed by atoms with Crippen LogP contribution in [0, 0.1) is 13.8 Å². The zero-order valence-corrected chi connectivity index (χ0v) is 9.16. The van der Waals surface area contributed by atoms with E-state index in [9.17, 15) is 0 Å². The lowest BCUT2D eigenvalue weighted by molar-refractivity contribution is 1.09. The number of hydrogen-bond donors (Lipinski definition) is 0. The first-order chi connectivity index (χ1) is 5.68. The van der Waals surface area contributed by atoms with E-state index < -0.39 is 0 Å². The van der Waals surface area contributed by atoms with E-state index in [1.807, 2.05) is 13.1 Å². The largest absolute Gasteiger partial charge is 0.240 e. The number of aryl methyl sites for hydroxylation is 2. The Balaban J connectivity index is 2.88. The average Bonchev–Trinajstić information content (AvgIpc) is 2.31. The van der Waals surface area contributed by atoms with Crippen LogP contribution in [-0.4, -0.2) is 9.97 Å². The van der Waals surface area contributed by atoms with E-state index in [-0.39, 0.29) is 0 Å². The van der Waals surface area contributed by atoms with Gasteiger partial charge in [-0.05, 0) is 29.8 Å². The lowest BCUT2D eigenvalue weighted by Gasteiger charge is -1.90. The first-order valence-electron chi connectivity index (χ1n) is 3.56. The van der Waals surface area contributed by atoms with Gasteiger partial charge in [-0.15, -0.1) is 11.3 Å². The third-order valence-corrected chi connectivity index (χ3v) is 3.92. The first-order valence-corrected chi connectivity index (χ1v) is 5.17. The molecule has 0 saturated carbocycles. The Morgan fingerprint density at radius 1 is 1.42 bits per heavy atom. The second-order valence-corrected chi connectivity index (χ2v) is 4.65. The fourth-order valence-electron chi connectivity index (χ4n) is 1.07. The number of aromatic nitrogens is 2. The summed E-state index contributed by atoms with van der Waals surface area (Å²) in [6, 6.07) is 0. The Bertz CT molecular complexity index is 436. The molecule has 2 rings (SSSR count). The molecule has 0 fully saturated rings. The first kappa shape index (κ1) is 8.13. The molecule has 0 amide bonds. The fourth-order valence-corrected chi connectivity index (χ4v) is 2.61. The molecule has 0 radical (unpaired) electrons. The summed E-state index contributed by atoms with van der Waals surface area (Å²) < 4.78 is 2.25. The third kappa shape index (κ3) is 1.15. The van der Waals surface area contributed by atoms with Gasteiger partial charge >= 0.3 is 0 Å². The number of rotatable bonds is 0. The molecule has 0 aromatic carbocycles. The van der Waals surface area contributed by atoms with Gasteiger partial charge in [-0.3, -0.25) is 0 Å². The van der Waals surface area contributed by atoms with Gasteiger partial charge in [0.2, 0.25) is 0 Å². The van der Waals surface area contributed by atoms with Gasteiger partial charge in [-0.25, -0.2) is 9.97 Å². The van der Waals surface area contributed by atoms with Crippen molar-refractivity contribution in [3.05, 3.63) is 21.4 Å². The highest BCUT2D eigenvalue weighted by Crippen LogP contribution is 2.32. The SMILES string of the molecule is Cc1ncc2sc(C)c(Br)c2n1. The van der Waals surface area contributed by atoms with Crippen LogP contribution in [0.4, 0.5) is 0 Å². The molecule has 0 unspecified atom stereocenters. The van der Waals surface area contributed by atoms with E-state index in [4.69, 9.17) is 0 Å². The molecule has 4 heteroatoms. The highest BCUT2D eigenvalue weighted by Gasteiger charge is 2.07. The van der Waals surface area contributed by atoms with E-state index in [0.717, 1.165) is 20.5 Å². The highest BCUT2D eigenvalue weighted by molar-refractivity contribution is 9.10. The lowest BCUT2D eigenvalue weighted by atomic mass is 10.4. The molecule has 0 atom stereocenters. The molecule has 0 aliphatic heterocycles. The number of thiophene rings is 1. The summed E-state index contributed by atoms with van der Waals surface area (Å²) in [6.07, 6.45) is 1.88. The van der Waals surface area contributed by atoms with Crippen molar-refractivity contribution in [2.75, 3.05) is 0 Å². The van der Waals surface area contributed by atoms with Crippen molar-refractivity contribution in [1.29, 1.82) is 0 Å². The van der Waals surface area contributed by atoms with Gasteiger partial charge in [0.1, 0.15) is 5.82 Å². The number of halogens is 1. The Morgan fingerprint density at radius 3 is 2.92 bits per heavy atom. The second kappa shape index (κ2) is 2.78. The summed E-state index contributed by atoms with van der Waals surface area (Å²) in [5, 5.41) is 0. The maximum absolute atomic E-state index is 4.35. The van der Waals surface area contributed by atoms with Crippen LogP contribution >= 0.6 is 27.3 Å². The predicted octanol–water partition coefficient (Wildman–Crippen LogP) is 3.07. The molecule has 0 saturated heterocycles. The summed E-state index contributed by atoms with van der Waals surface area (Å²) in [5.41, 5.74) is 1.03. The van der Waals surface area contributed by atoms with Crippen LogP contribution in [-0.2, 0) is 0 Å². The van der Waals surface area contributed by atoms with Gasteiger partial charge in [-0.1, -0.05) is 0 Å². The van der Waals surface area contributed by atoms with E-state index >= 15 is 0 Å². The molecule has 2 heterocycles. The maximum Gasteiger partial charge on any atom is 0.126 e. The van der Waals surface area contributed by atoms with Gasteiger partial charge in [0.05, 0.1) is 14.7 Å².